The predicted molar refractivity (Wildman–Crippen MR) is 115 cm³/mol. The fourth-order valence-electron chi connectivity index (χ4n) is 2.47. The number of nitrogens with one attached hydrogen (secondary N) is 2. The number of nitrogens with zero attached hydrogens (tertiary/aromatic N) is 1. The lowest BCUT2D eigenvalue weighted by molar-refractivity contribution is -0.113. The van der Waals surface area contributed by atoms with Crippen molar-refractivity contribution in [3.63, 3.8) is 0 Å². The van der Waals surface area contributed by atoms with Gasteiger partial charge in [-0.05, 0) is 49.8 Å². The van der Waals surface area contributed by atoms with Crippen LogP contribution < -0.4 is 15.4 Å². The molecular formula is C22H21N3O3S. The third kappa shape index (κ3) is 6.02. The van der Waals surface area contributed by atoms with Crippen LogP contribution in [0.3, 0.4) is 0 Å². The van der Waals surface area contributed by atoms with Crippen LogP contribution in [-0.2, 0) is 4.79 Å². The Kier molecular flexibility index (Phi) is 6.76. The molecular weight excluding hydrogens is 386 g/mol. The Labute approximate surface area is 173 Å². The Balaban J connectivity index is 1.84. The molecule has 7 heteroatoms. The highest BCUT2D eigenvalue weighted by atomic mass is 32.1. The van der Waals surface area contributed by atoms with Crippen LogP contribution >= 0.6 is 11.3 Å². The normalized spacial score (nSPS) is 11.2. The highest BCUT2D eigenvalue weighted by Gasteiger charge is 2.15. The van der Waals surface area contributed by atoms with Crippen LogP contribution in [0.2, 0.25) is 0 Å². The average molecular weight is 407 g/mol. The summed E-state index contributed by atoms with van der Waals surface area (Å²) in [6.45, 7) is 3.90. The van der Waals surface area contributed by atoms with Gasteiger partial charge in [-0.2, -0.15) is 0 Å². The van der Waals surface area contributed by atoms with E-state index in [-0.39, 0.29) is 17.7 Å². The van der Waals surface area contributed by atoms with Gasteiger partial charge >= 0.3 is 0 Å². The zero-order chi connectivity index (χ0) is 20.6. The molecule has 29 heavy (non-hydrogen) atoms. The molecule has 2 amide bonds. The minimum atomic E-state index is -0.452. The average Bonchev–Trinajstić information content (AvgIpc) is 3.22. The molecule has 1 aromatic heterocycles. The summed E-state index contributed by atoms with van der Waals surface area (Å²) < 4.78 is 5.64. The summed E-state index contributed by atoms with van der Waals surface area (Å²) in [4.78, 5) is 29.4. The molecule has 2 aromatic carbocycles. The Morgan fingerprint density at radius 3 is 2.41 bits per heavy atom. The van der Waals surface area contributed by atoms with Crippen molar-refractivity contribution < 1.29 is 14.3 Å². The van der Waals surface area contributed by atoms with Crippen molar-refractivity contribution in [2.24, 2.45) is 0 Å². The minimum Gasteiger partial charge on any atom is -0.491 e. The Hall–Kier alpha value is -3.45. The van der Waals surface area contributed by atoms with Crippen molar-refractivity contribution in [2.75, 3.05) is 5.32 Å². The maximum atomic E-state index is 12.7. The number of ether oxygens (including phenoxy) is 1. The molecule has 0 spiro atoms. The van der Waals surface area contributed by atoms with Crippen molar-refractivity contribution in [3.8, 4) is 5.75 Å². The number of carbonyl (C=O) groups is 2. The van der Waals surface area contributed by atoms with E-state index in [1.165, 1.54) is 11.3 Å². The van der Waals surface area contributed by atoms with Gasteiger partial charge in [0.25, 0.3) is 11.8 Å². The number of anilines is 1. The number of rotatable bonds is 7. The van der Waals surface area contributed by atoms with Crippen LogP contribution in [0.15, 0.2) is 71.9 Å². The van der Waals surface area contributed by atoms with Crippen molar-refractivity contribution in [3.05, 3.63) is 83.0 Å². The first-order chi connectivity index (χ1) is 14.0. The molecule has 0 saturated carbocycles. The minimum absolute atomic E-state index is 0.0705. The van der Waals surface area contributed by atoms with Crippen LogP contribution in [0, 0.1) is 0 Å². The smallest absolute Gasteiger partial charge is 0.273 e. The number of thiazole rings is 1. The van der Waals surface area contributed by atoms with Gasteiger partial charge in [-0.3, -0.25) is 14.9 Å². The zero-order valence-electron chi connectivity index (χ0n) is 16.1. The molecule has 0 bridgehead atoms. The van der Waals surface area contributed by atoms with Gasteiger partial charge in [0, 0.05) is 17.1 Å². The van der Waals surface area contributed by atoms with Gasteiger partial charge in [-0.1, -0.05) is 30.3 Å². The molecule has 0 aliphatic heterocycles. The SMILES string of the molecule is CC(C)Oc1ccc(/C=C(\NC(=O)c2ccccc2)C(=O)Nc2nccs2)cc1. The summed E-state index contributed by atoms with van der Waals surface area (Å²) in [5.41, 5.74) is 1.33. The van der Waals surface area contributed by atoms with E-state index in [0.717, 1.165) is 11.3 Å². The van der Waals surface area contributed by atoms with Crippen molar-refractivity contribution >= 4 is 34.4 Å². The number of amides is 2. The van der Waals surface area contributed by atoms with E-state index >= 15 is 0 Å². The highest BCUT2D eigenvalue weighted by Crippen LogP contribution is 2.17. The van der Waals surface area contributed by atoms with E-state index in [2.05, 4.69) is 15.6 Å². The van der Waals surface area contributed by atoms with Crippen LogP contribution in [-0.4, -0.2) is 22.9 Å². The fraction of sp³-hybridized carbons (Fsp3) is 0.136. The van der Waals surface area contributed by atoms with E-state index in [9.17, 15) is 9.59 Å². The molecule has 0 aliphatic carbocycles. The summed E-state index contributed by atoms with van der Waals surface area (Å²) in [5.74, 6) is -0.0862. The quantitative estimate of drug-likeness (QED) is 0.571. The molecule has 6 nitrogen and oxygen atoms in total. The topological polar surface area (TPSA) is 80.3 Å². The summed E-state index contributed by atoms with van der Waals surface area (Å²) in [7, 11) is 0. The molecule has 1 heterocycles. The lowest BCUT2D eigenvalue weighted by atomic mass is 10.1. The number of hydrogen-bond donors (Lipinski definition) is 2. The molecule has 0 radical (unpaired) electrons. The summed E-state index contributed by atoms with van der Waals surface area (Å²) in [6, 6.07) is 16.0. The monoisotopic (exact) mass is 407 g/mol. The Morgan fingerprint density at radius 1 is 1.07 bits per heavy atom. The molecule has 0 unspecified atom stereocenters. The van der Waals surface area contributed by atoms with Gasteiger partial charge in [0.1, 0.15) is 11.4 Å². The predicted octanol–water partition coefficient (Wildman–Crippen LogP) is 4.34. The van der Waals surface area contributed by atoms with Crippen LogP contribution in [0.4, 0.5) is 5.13 Å². The van der Waals surface area contributed by atoms with Gasteiger partial charge in [0.15, 0.2) is 5.13 Å². The second kappa shape index (κ2) is 9.66. The van der Waals surface area contributed by atoms with Gasteiger partial charge in [0.2, 0.25) is 0 Å². The molecule has 148 valence electrons. The molecule has 0 aliphatic rings. The van der Waals surface area contributed by atoms with E-state index < -0.39 is 5.91 Å². The second-order valence-electron chi connectivity index (χ2n) is 6.41. The van der Waals surface area contributed by atoms with E-state index in [1.54, 1.807) is 41.9 Å². The third-order valence-electron chi connectivity index (χ3n) is 3.74. The third-order valence-corrected chi connectivity index (χ3v) is 4.43. The van der Waals surface area contributed by atoms with Crippen molar-refractivity contribution in [1.82, 2.24) is 10.3 Å². The molecule has 0 atom stereocenters. The largest absolute Gasteiger partial charge is 0.491 e. The fourth-order valence-corrected chi connectivity index (χ4v) is 3.00. The number of carbonyl (C=O) groups excluding carboxylic acids is 2. The van der Waals surface area contributed by atoms with Gasteiger partial charge in [-0.25, -0.2) is 4.98 Å². The van der Waals surface area contributed by atoms with Crippen LogP contribution in [0.5, 0.6) is 5.75 Å². The van der Waals surface area contributed by atoms with E-state index in [1.807, 2.05) is 44.2 Å². The highest BCUT2D eigenvalue weighted by molar-refractivity contribution is 7.13. The number of aromatic nitrogens is 1. The van der Waals surface area contributed by atoms with E-state index in [4.69, 9.17) is 4.74 Å². The molecule has 3 aromatic rings. The number of hydrogen-bond acceptors (Lipinski definition) is 5. The lowest BCUT2D eigenvalue weighted by Crippen LogP contribution is -2.30. The van der Waals surface area contributed by atoms with Crippen LogP contribution in [0.1, 0.15) is 29.8 Å². The maximum absolute atomic E-state index is 12.7. The summed E-state index contributed by atoms with van der Waals surface area (Å²) in [6.07, 6.45) is 3.28. The molecule has 0 fully saturated rings. The van der Waals surface area contributed by atoms with E-state index in [0.29, 0.717) is 10.7 Å². The van der Waals surface area contributed by atoms with Gasteiger partial charge in [-0.15, -0.1) is 11.3 Å². The van der Waals surface area contributed by atoms with Crippen molar-refractivity contribution in [2.45, 2.75) is 20.0 Å². The van der Waals surface area contributed by atoms with Gasteiger partial charge in [0.05, 0.1) is 6.10 Å². The number of benzene rings is 2. The first-order valence-corrected chi connectivity index (χ1v) is 9.95. The first-order valence-electron chi connectivity index (χ1n) is 9.07. The van der Waals surface area contributed by atoms with Crippen molar-refractivity contribution in [1.29, 1.82) is 0 Å². The maximum Gasteiger partial charge on any atom is 0.273 e. The van der Waals surface area contributed by atoms with Gasteiger partial charge < -0.3 is 10.1 Å². The summed E-state index contributed by atoms with van der Waals surface area (Å²) >= 11 is 1.30. The molecule has 2 N–H and O–H groups in total. The second-order valence-corrected chi connectivity index (χ2v) is 7.30. The lowest BCUT2D eigenvalue weighted by Gasteiger charge is -2.11. The summed E-state index contributed by atoms with van der Waals surface area (Å²) in [5, 5.41) is 7.61. The first kappa shape index (κ1) is 20.3. The molecule has 3 rings (SSSR count). The Morgan fingerprint density at radius 2 is 1.79 bits per heavy atom. The zero-order valence-corrected chi connectivity index (χ0v) is 16.9. The standard InChI is InChI=1S/C22H21N3O3S/c1-15(2)28-18-10-8-16(9-11-18)14-19(21(27)25-22-23-12-13-29-22)24-20(26)17-6-4-3-5-7-17/h3-15H,1-2H3,(H,24,26)(H,23,25,27)/b19-14-. The van der Waals surface area contributed by atoms with Crippen LogP contribution in [0.25, 0.3) is 6.08 Å². The Bertz CT molecular complexity index is 982. The molecule has 0 saturated heterocycles.